The van der Waals surface area contributed by atoms with Gasteiger partial charge in [0.2, 0.25) is 0 Å². The molecule has 0 aliphatic rings. The lowest BCUT2D eigenvalue weighted by Crippen LogP contribution is -2.12. The molecule has 0 aliphatic carbocycles. The fourth-order valence-corrected chi connectivity index (χ4v) is 1.30. The maximum absolute atomic E-state index is 11.1. The SMILES string of the molecule is CC(=O)c1ccc(N)c(CN(C)C)c1.Cl. The highest BCUT2D eigenvalue weighted by molar-refractivity contribution is 5.94. The largest absolute Gasteiger partial charge is 0.398 e. The van der Waals surface area contributed by atoms with Gasteiger partial charge < -0.3 is 10.6 Å². The van der Waals surface area contributed by atoms with E-state index in [1.165, 1.54) is 0 Å². The zero-order chi connectivity index (χ0) is 10.7. The summed E-state index contributed by atoms with van der Waals surface area (Å²) < 4.78 is 0. The van der Waals surface area contributed by atoms with E-state index >= 15 is 0 Å². The Hall–Kier alpha value is -1.06. The van der Waals surface area contributed by atoms with E-state index in [4.69, 9.17) is 5.73 Å². The topological polar surface area (TPSA) is 46.3 Å². The summed E-state index contributed by atoms with van der Waals surface area (Å²) in [5.74, 6) is 0.0741. The Kier molecular flexibility index (Phi) is 5.33. The number of nitrogens with two attached hydrogens (primary N) is 1. The van der Waals surface area contributed by atoms with Crippen LogP contribution in [0.4, 0.5) is 5.69 Å². The number of Topliss-reactive ketones (excluding diaryl/α,β-unsaturated/α-hetero) is 1. The molecule has 2 N–H and O–H groups in total. The van der Waals surface area contributed by atoms with E-state index in [0.717, 1.165) is 23.4 Å². The van der Waals surface area contributed by atoms with Crippen LogP contribution in [0.2, 0.25) is 0 Å². The van der Waals surface area contributed by atoms with Crippen LogP contribution in [0.15, 0.2) is 18.2 Å². The van der Waals surface area contributed by atoms with Crippen molar-refractivity contribution in [2.24, 2.45) is 0 Å². The number of anilines is 1. The molecule has 0 unspecified atom stereocenters. The Morgan fingerprint density at radius 2 is 2.00 bits per heavy atom. The second kappa shape index (κ2) is 5.73. The van der Waals surface area contributed by atoms with Gasteiger partial charge in [-0.05, 0) is 44.8 Å². The Balaban J connectivity index is 0.00000196. The van der Waals surface area contributed by atoms with E-state index in [9.17, 15) is 4.79 Å². The first-order chi connectivity index (χ1) is 6.50. The monoisotopic (exact) mass is 228 g/mol. The molecule has 0 amide bonds. The highest BCUT2D eigenvalue weighted by Gasteiger charge is 2.05. The number of ketones is 1. The third kappa shape index (κ3) is 3.90. The molecule has 0 bridgehead atoms. The number of hydrogen-bond acceptors (Lipinski definition) is 3. The molecule has 0 atom stereocenters. The number of carbonyl (C=O) groups is 1. The standard InChI is InChI=1S/C11H16N2O.ClH/c1-8(14)9-4-5-11(12)10(6-9)7-13(2)3;/h4-6H,7,12H2,1-3H3;1H. The molecule has 0 saturated carbocycles. The molecule has 0 spiro atoms. The second-order valence-corrected chi connectivity index (χ2v) is 3.71. The van der Waals surface area contributed by atoms with Crippen molar-refractivity contribution in [3.8, 4) is 0 Å². The van der Waals surface area contributed by atoms with Crippen LogP contribution in [-0.2, 0) is 6.54 Å². The third-order valence-corrected chi connectivity index (χ3v) is 2.04. The molecular formula is C11H17ClN2O. The van der Waals surface area contributed by atoms with Crippen molar-refractivity contribution in [1.29, 1.82) is 0 Å². The molecule has 0 radical (unpaired) electrons. The van der Waals surface area contributed by atoms with Crippen LogP contribution < -0.4 is 5.73 Å². The fraction of sp³-hybridized carbons (Fsp3) is 0.364. The average Bonchev–Trinajstić information content (AvgIpc) is 2.07. The number of halogens is 1. The molecule has 15 heavy (non-hydrogen) atoms. The molecule has 1 aromatic carbocycles. The first-order valence-electron chi connectivity index (χ1n) is 4.55. The molecule has 4 heteroatoms. The lowest BCUT2D eigenvalue weighted by Gasteiger charge is -2.12. The zero-order valence-corrected chi connectivity index (χ0v) is 10.1. The first kappa shape index (κ1) is 13.9. The highest BCUT2D eigenvalue weighted by Crippen LogP contribution is 2.15. The van der Waals surface area contributed by atoms with Gasteiger partial charge in [-0.25, -0.2) is 0 Å². The zero-order valence-electron chi connectivity index (χ0n) is 9.28. The van der Waals surface area contributed by atoms with E-state index in [2.05, 4.69) is 0 Å². The quantitative estimate of drug-likeness (QED) is 0.636. The summed E-state index contributed by atoms with van der Waals surface area (Å²) >= 11 is 0. The molecule has 0 aromatic heterocycles. The first-order valence-corrected chi connectivity index (χ1v) is 4.55. The Bertz CT molecular complexity index is 350. The molecule has 0 fully saturated rings. The Labute approximate surface area is 96.7 Å². The fourth-order valence-electron chi connectivity index (χ4n) is 1.30. The highest BCUT2D eigenvalue weighted by atomic mass is 35.5. The van der Waals surface area contributed by atoms with Crippen molar-refractivity contribution in [2.45, 2.75) is 13.5 Å². The van der Waals surface area contributed by atoms with Gasteiger partial charge in [0.25, 0.3) is 0 Å². The van der Waals surface area contributed by atoms with Crippen LogP contribution >= 0.6 is 12.4 Å². The van der Waals surface area contributed by atoms with Crippen molar-refractivity contribution >= 4 is 23.9 Å². The molecule has 1 rings (SSSR count). The number of hydrogen-bond donors (Lipinski definition) is 1. The number of nitrogen functional groups attached to an aromatic ring is 1. The van der Waals surface area contributed by atoms with Crippen LogP contribution in [0.5, 0.6) is 0 Å². The summed E-state index contributed by atoms with van der Waals surface area (Å²) in [6.45, 7) is 2.32. The Morgan fingerprint density at radius 1 is 1.40 bits per heavy atom. The summed E-state index contributed by atoms with van der Waals surface area (Å²) in [7, 11) is 3.94. The van der Waals surface area contributed by atoms with E-state index in [0.29, 0.717) is 0 Å². The van der Waals surface area contributed by atoms with E-state index < -0.39 is 0 Å². The van der Waals surface area contributed by atoms with Gasteiger partial charge in [-0.15, -0.1) is 12.4 Å². The van der Waals surface area contributed by atoms with Crippen molar-refractivity contribution in [2.75, 3.05) is 19.8 Å². The van der Waals surface area contributed by atoms with Crippen molar-refractivity contribution in [1.82, 2.24) is 4.90 Å². The Morgan fingerprint density at radius 3 is 2.47 bits per heavy atom. The number of nitrogens with zero attached hydrogens (tertiary/aromatic N) is 1. The normalized spacial score (nSPS) is 9.87. The van der Waals surface area contributed by atoms with Gasteiger partial charge in [0.15, 0.2) is 5.78 Å². The summed E-state index contributed by atoms with van der Waals surface area (Å²) in [4.78, 5) is 13.2. The number of carbonyl (C=O) groups excluding carboxylic acids is 1. The van der Waals surface area contributed by atoms with Crippen LogP contribution in [0.25, 0.3) is 0 Å². The van der Waals surface area contributed by atoms with E-state index in [-0.39, 0.29) is 18.2 Å². The molecule has 0 heterocycles. The molecule has 1 aromatic rings. The molecule has 84 valence electrons. The van der Waals surface area contributed by atoms with Crippen molar-refractivity contribution in [3.63, 3.8) is 0 Å². The summed E-state index contributed by atoms with van der Waals surface area (Å²) in [6, 6.07) is 5.41. The van der Waals surface area contributed by atoms with Crippen LogP contribution in [0, 0.1) is 0 Å². The maximum atomic E-state index is 11.1. The molecule has 0 saturated heterocycles. The predicted molar refractivity (Wildman–Crippen MR) is 65.5 cm³/mol. The second-order valence-electron chi connectivity index (χ2n) is 3.71. The van der Waals surface area contributed by atoms with Crippen molar-refractivity contribution in [3.05, 3.63) is 29.3 Å². The van der Waals surface area contributed by atoms with Gasteiger partial charge in [-0.1, -0.05) is 0 Å². The van der Waals surface area contributed by atoms with Crippen LogP contribution in [-0.4, -0.2) is 24.8 Å². The van der Waals surface area contributed by atoms with Gasteiger partial charge >= 0.3 is 0 Å². The maximum Gasteiger partial charge on any atom is 0.159 e. The molecular weight excluding hydrogens is 212 g/mol. The minimum absolute atomic E-state index is 0. The van der Waals surface area contributed by atoms with E-state index in [1.807, 2.05) is 25.1 Å². The van der Waals surface area contributed by atoms with Crippen molar-refractivity contribution < 1.29 is 4.79 Å². The van der Waals surface area contributed by atoms with Gasteiger partial charge in [-0.2, -0.15) is 0 Å². The molecule has 3 nitrogen and oxygen atoms in total. The summed E-state index contributed by atoms with van der Waals surface area (Å²) in [6.07, 6.45) is 0. The van der Waals surface area contributed by atoms with Gasteiger partial charge in [0.05, 0.1) is 0 Å². The lowest BCUT2D eigenvalue weighted by molar-refractivity contribution is 0.101. The predicted octanol–water partition coefficient (Wildman–Crippen LogP) is 1.95. The number of benzene rings is 1. The van der Waals surface area contributed by atoms with Crippen LogP contribution in [0.1, 0.15) is 22.8 Å². The summed E-state index contributed by atoms with van der Waals surface area (Å²) in [5.41, 5.74) is 8.26. The average molecular weight is 229 g/mol. The molecule has 0 aliphatic heterocycles. The minimum atomic E-state index is 0. The van der Waals surface area contributed by atoms with Gasteiger partial charge in [0.1, 0.15) is 0 Å². The third-order valence-electron chi connectivity index (χ3n) is 2.04. The van der Waals surface area contributed by atoms with Gasteiger partial charge in [-0.3, -0.25) is 4.79 Å². The lowest BCUT2D eigenvalue weighted by atomic mass is 10.1. The minimum Gasteiger partial charge on any atom is -0.398 e. The van der Waals surface area contributed by atoms with Crippen LogP contribution in [0.3, 0.4) is 0 Å². The van der Waals surface area contributed by atoms with Gasteiger partial charge in [0, 0.05) is 17.8 Å². The smallest absolute Gasteiger partial charge is 0.159 e. The number of rotatable bonds is 3. The van der Waals surface area contributed by atoms with E-state index in [1.54, 1.807) is 19.1 Å². The summed E-state index contributed by atoms with van der Waals surface area (Å²) in [5, 5.41) is 0.